The van der Waals surface area contributed by atoms with Crippen LogP contribution in [-0.4, -0.2) is 6.00 Å². The van der Waals surface area contributed by atoms with Gasteiger partial charge < -0.3 is 0 Å². The van der Waals surface area contributed by atoms with E-state index in [0.717, 1.165) is 20.8 Å². The summed E-state index contributed by atoms with van der Waals surface area (Å²) in [5.41, 5.74) is 2.04. The van der Waals surface area contributed by atoms with Gasteiger partial charge in [0, 0.05) is 9.66 Å². The second kappa shape index (κ2) is 5.33. The van der Waals surface area contributed by atoms with Crippen molar-refractivity contribution < 1.29 is 0 Å². The largest absolute Gasteiger partial charge is 0.374 e. The first-order valence-corrected chi connectivity index (χ1v) is 10.7. The maximum atomic E-state index is 6.16. The number of halogens is 4. The predicted molar refractivity (Wildman–Crippen MR) is 82.5 cm³/mol. The summed E-state index contributed by atoms with van der Waals surface area (Å²) < 4.78 is 0.852. The van der Waals surface area contributed by atoms with E-state index in [2.05, 4.69) is 15.9 Å². The SMILES string of the molecule is Cl[Si](Cl)(Cl)c1c(Br)cccc1-c1ccccc1. The van der Waals surface area contributed by atoms with Crippen LogP contribution in [0.1, 0.15) is 0 Å². The molecule has 0 aromatic heterocycles. The molecule has 2 rings (SSSR count). The molecule has 0 amide bonds. The second-order valence-electron chi connectivity index (χ2n) is 3.53. The van der Waals surface area contributed by atoms with E-state index in [0.29, 0.717) is 0 Å². The van der Waals surface area contributed by atoms with E-state index in [1.54, 1.807) is 0 Å². The third-order valence-electron chi connectivity index (χ3n) is 2.38. The Morgan fingerprint density at radius 1 is 0.824 bits per heavy atom. The highest BCUT2D eigenvalue weighted by molar-refractivity contribution is 9.10. The van der Waals surface area contributed by atoms with Gasteiger partial charge in [0.15, 0.2) is 0 Å². The van der Waals surface area contributed by atoms with Gasteiger partial charge in [-0.3, -0.25) is 0 Å². The zero-order valence-corrected chi connectivity index (χ0v) is 13.5. The van der Waals surface area contributed by atoms with Crippen molar-refractivity contribution >= 4 is 60.4 Å². The standard InChI is InChI=1S/C12H8BrCl3Si/c13-11-8-4-7-10(12(11)17(14,15)16)9-5-2-1-3-6-9/h1-8H. The van der Waals surface area contributed by atoms with Gasteiger partial charge in [0.25, 0.3) is 0 Å². The van der Waals surface area contributed by atoms with Crippen molar-refractivity contribution in [2.24, 2.45) is 0 Å². The molecule has 0 aliphatic carbocycles. The third kappa shape index (κ3) is 3.07. The molecule has 88 valence electrons. The van der Waals surface area contributed by atoms with Crippen molar-refractivity contribution in [2.45, 2.75) is 0 Å². The molecule has 0 saturated carbocycles. The molecule has 0 bridgehead atoms. The average molecular weight is 367 g/mol. The lowest BCUT2D eigenvalue weighted by molar-refractivity contribution is 1.63. The number of benzene rings is 2. The lowest BCUT2D eigenvalue weighted by Crippen LogP contribution is -2.33. The molecule has 0 radical (unpaired) electrons. The van der Waals surface area contributed by atoms with Crippen LogP contribution < -0.4 is 5.19 Å². The Balaban J connectivity index is 2.67. The fourth-order valence-corrected chi connectivity index (χ4v) is 6.68. The van der Waals surface area contributed by atoms with Crippen LogP contribution in [0.15, 0.2) is 53.0 Å². The molecular formula is C12H8BrCl3Si. The number of hydrogen-bond donors (Lipinski definition) is 0. The lowest BCUT2D eigenvalue weighted by atomic mass is 10.1. The van der Waals surface area contributed by atoms with Gasteiger partial charge in [-0.2, -0.15) is 0 Å². The van der Waals surface area contributed by atoms with Crippen LogP contribution in [0.5, 0.6) is 0 Å². The second-order valence-corrected chi connectivity index (χ2v) is 12.7. The molecule has 0 saturated heterocycles. The Kier molecular flexibility index (Phi) is 4.21. The minimum absolute atomic E-state index is 0.802. The monoisotopic (exact) mass is 364 g/mol. The zero-order valence-electron chi connectivity index (χ0n) is 8.63. The van der Waals surface area contributed by atoms with Crippen LogP contribution in [0, 0.1) is 0 Å². The van der Waals surface area contributed by atoms with Gasteiger partial charge in [-0.15, -0.1) is 33.2 Å². The highest BCUT2D eigenvalue weighted by atomic mass is 79.9. The van der Waals surface area contributed by atoms with E-state index in [4.69, 9.17) is 33.2 Å². The third-order valence-corrected chi connectivity index (χ3v) is 6.22. The Bertz CT molecular complexity index is 523. The molecule has 5 heteroatoms. The van der Waals surface area contributed by atoms with Crippen molar-refractivity contribution in [1.29, 1.82) is 0 Å². The summed E-state index contributed by atoms with van der Waals surface area (Å²) in [7, 11) is 0. The molecule has 0 spiro atoms. The molecule has 0 aliphatic heterocycles. The van der Waals surface area contributed by atoms with Crippen molar-refractivity contribution in [2.75, 3.05) is 0 Å². The number of rotatable bonds is 2. The summed E-state index contributed by atoms with van der Waals surface area (Å²) in [6.07, 6.45) is 0. The molecule has 2 aromatic rings. The normalized spacial score (nSPS) is 11.5. The maximum Gasteiger partial charge on any atom is 0.374 e. The van der Waals surface area contributed by atoms with Crippen LogP contribution in [0.4, 0.5) is 0 Å². The molecule has 2 aromatic carbocycles. The first-order valence-electron chi connectivity index (χ1n) is 4.91. The van der Waals surface area contributed by atoms with Crippen LogP contribution in [0.2, 0.25) is 0 Å². The molecule has 0 fully saturated rings. The summed E-state index contributed by atoms with van der Waals surface area (Å²) in [5, 5.41) is 0.802. The Morgan fingerprint density at radius 3 is 2.06 bits per heavy atom. The van der Waals surface area contributed by atoms with Crippen LogP contribution in [0.3, 0.4) is 0 Å². The van der Waals surface area contributed by atoms with Gasteiger partial charge in [-0.05, 0) is 17.2 Å². The van der Waals surface area contributed by atoms with Gasteiger partial charge in [-0.1, -0.05) is 58.4 Å². The summed E-state index contributed by atoms with van der Waals surface area (Å²) in [6.45, 7) is 0. The summed E-state index contributed by atoms with van der Waals surface area (Å²) in [5.74, 6) is 0. The lowest BCUT2D eigenvalue weighted by Gasteiger charge is -2.16. The molecule has 0 N–H and O–H groups in total. The average Bonchev–Trinajstić information content (AvgIpc) is 2.28. The Labute approximate surface area is 124 Å². The molecule has 0 unspecified atom stereocenters. The fourth-order valence-electron chi connectivity index (χ4n) is 1.67. The summed E-state index contributed by atoms with van der Waals surface area (Å²) in [6, 6.07) is 12.8. The van der Waals surface area contributed by atoms with E-state index < -0.39 is 6.00 Å². The molecule has 0 aliphatic rings. The van der Waals surface area contributed by atoms with E-state index in [1.807, 2.05) is 48.5 Å². The van der Waals surface area contributed by atoms with Crippen molar-refractivity contribution in [1.82, 2.24) is 0 Å². The minimum atomic E-state index is -2.94. The molecule has 0 heterocycles. The van der Waals surface area contributed by atoms with E-state index in [9.17, 15) is 0 Å². The van der Waals surface area contributed by atoms with Gasteiger partial charge in [0.05, 0.1) is 0 Å². The van der Waals surface area contributed by atoms with Crippen LogP contribution >= 0.6 is 49.2 Å². The first kappa shape index (κ1) is 13.4. The number of hydrogen-bond acceptors (Lipinski definition) is 0. The zero-order chi connectivity index (χ0) is 12.5. The Hall–Kier alpha value is 0.00688. The summed E-state index contributed by atoms with van der Waals surface area (Å²) in [4.78, 5) is 0. The summed E-state index contributed by atoms with van der Waals surface area (Å²) >= 11 is 21.9. The molecule has 0 nitrogen and oxygen atoms in total. The quantitative estimate of drug-likeness (QED) is 0.519. The van der Waals surface area contributed by atoms with Crippen molar-refractivity contribution in [3.8, 4) is 11.1 Å². The Morgan fingerprint density at radius 2 is 1.47 bits per heavy atom. The fraction of sp³-hybridized carbons (Fsp3) is 0. The topological polar surface area (TPSA) is 0 Å². The van der Waals surface area contributed by atoms with Gasteiger partial charge in [0.2, 0.25) is 0 Å². The molecule has 17 heavy (non-hydrogen) atoms. The van der Waals surface area contributed by atoms with Gasteiger partial charge in [-0.25, -0.2) is 0 Å². The first-order chi connectivity index (χ1) is 8.00. The van der Waals surface area contributed by atoms with Gasteiger partial charge in [0.1, 0.15) is 0 Å². The van der Waals surface area contributed by atoms with Gasteiger partial charge >= 0.3 is 6.00 Å². The van der Waals surface area contributed by atoms with Crippen LogP contribution in [0.25, 0.3) is 11.1 Å². The van der Waals surface area contributed by atoms with E-state index in [1.165, 1.54) is 0 Å². The maximum absolute atomic E-state index is 6.16. The van der Waals surface area contributed by atoms with Crippen LogP contribution in [-0.2, 0) is 0 Å². The van der Waals surface area contributed by atoms with E-state index in [-0.39, 0.29) is 0 Å². The predicted octanol–water partition coefficient (Wildman–Crippen LogP) is 4.98. The molecule has 0 atom stereocenters. The highest BCUT2D eigenvalue weighted by Gasteiger charge is 2.33. The highest BCUT2D eigenvalue weighted by Crippen LogP contribution is 2.30. The van der Waals surface area contributed by atoms with Crippen molar-refractivity contribution in [3.63, 3.8) is 0 Å². The van der Waals surface area contributed by atoms with Crippen molar-refractivity contribution in [3.05, 3.63) is 53.0 Å². The minimum Gasteiger partial charge on any atom is -0.121 e. The smallest absolute Gasteiger partial charge is 0.121 e. The molecular weight excluding hydrogens is 358 g/mol. The van der Waals surface area contributed by atoms with E-state index >= 15 is 0 Å².